The third-order valence-electron chi connectivity index (χ3n) is 11.6. The Morgan fingerprint density at radius 1 is 0.267 bits per heavy atom. The largest absolute Gasteiger partial charge is 0.455 e. The Bertz CT molecular complexity index is 3480. The number of rotatable bonds is 6. The van der Waals surface area contributed by atoms with Crippen LogP contribution in [0.2, 0.25) is 0 Å². The minimum Gasteiger partial charge on any atom is -0.455 e. The van der Waals surface area contributed by atoms with Gasteiger partial charge in [0, 0.05) is 27.1 Å². The molecule has 0 spiro atoms. The molecule has 0 unspecified atom stereocenters. The molecule has 5 heteroatoms. The second kappa shape index (κ2) is 13.8. The molecule has 0 aliphatic rings. The molecule has 0 aliphatic heterocycles. The highest BCUT2D eigenvalue weighted by Gasteiger charge is 2.23. The molecule has 3 aromatic heterocycles. The van der Waals surface area contributed by atoms with E-state index in [0.29, 0.717) is 17.5 Å². The highest BCUT2D eigenvalue weighted by molar-refractivity contribution is 6.11. The lowest BCUT2D eigenvalue weighted by atomic mass is 9.88. The zero-order valence-corrected chi connectivity index (χ0v) is 32.2. The zero-order chi connectivity index (χ0) is 39.6. The van der Waals surface area contributed by atoms with Crippen LogP contribution in [0.5, 0.6) is 0 Å². The first kappa shape index (κ1) is 33.9. The van der Waals surface area contributed by atoms with Gasteiger partial charge >= 0.3 is 0 Å². The molecule has 60 heavy (non-hydrogen) atoms. The summed E-state index contributed by atoms with van der Waals surface area (Å²) in [6.07, 6.45) is 0. The zero-order valence-electron chi connectivity index (χ0n) is 32.2. The summed E-state index contributed by atoms with van der Waals surface area (Å²) < 4.78 is 13.2. The van der Waals surface area contributed by atoms with Crippen molar-refractivity contribution in [3.8, 4) is 67.5 Å². The van der Waals surface area contributed by atoms with Crippen LogP contribution >= 0.6 is 0 Å². The van der Waals surface area contributed by atoms with E-state index < -0.39 is 0 Å². The third kappa shape index (κ3) is 5.52. The van der Waals surface area contributed by atoms with E-state index in [2.05, 4.69) is 140 Å². The van der Waals surface area contributed by atoms with Gasteiger partial charge in [-0.2, -0.15) is 0 Å². The molecule has 0 bridgehead atoms. The molecule has 0 N–H and O–H groups in total. The van der Waals surface area contributed by atoms with Crippen LogP contribution in [0.1, 0.15) is 0 Å². The molecular weight excluding hydrogens is 735 g/mol. The van der Waals surface area contributed by atoms with Crippen LogP contribution in [0.15, 0.2) is 209 Å². The number of benzene rings is 9. The number of fused-ring (bicyclic) bond motifs is 7. The van der Waals surface area contributed by atoms with Crippen LogP contribution in [0.25, 0.3) is 122 Å². The molecule has 0 radical (unpaired) electrons. The first-order valence-corrected chi connectivity index (χ1v) is 20.1. The van der Waals surface area contributed by atoms with E-state index >= 15 is 0 Å². The maximum absolute atomic E-state index is 6.58. The Labute approximate surface area is 344 Å². The molecule has 0 aliphatic carbocycles. The molecule has 12 aromatic rings. The van der Waals surface area contributed by atoms with Crippen LogP contribution in [0.4, 0.5) is 0 Å². The Balaban J connectivity index is 1.16. The molecule has 0 atom stereocenters. The smallest absolute Gasteiger partial charge is 0.167 e. The van der Waals surface area contributed by atoms with Crippen molar-refractivity contribution in [1.82, 2.24) is 15.0 Å². The average molecular weight is 768 g/mol. The summed E-state index contributed by atoms with van der Waals surface area (Å²) >= 11 is 0. The van der Waals surface area contributed by atoms with Gasteiger partial charge in [-0.25, -0.2) is 15.0 Å². The number of hydrogen-bond donors (Lipinski definition) is 0. The van der Waals surface area contributed by atoms with Crippen molar-refractivity contribution in [1.29, 1.82) is 0 Å². The molecule has 12 rings (SSSR count). The number of aromatic nitrogens is 3. The number of nitrogens with zero attached hydrogens (tertiary/aromatic N) is 3. The molecule has 0 saturated carbocycles. The highest BCUT2D eigenvalue weighted by Crippen LogP contribution is 2.43. The molecule has 0 saturated heterocycles. The van der Waals surface area contributed by atoms with Gasteiger partial charge in [0.1, 0.15) is 22.3 Å². The second-order valence-electron chi connectivity index (χ2n) is 15.1. The van der Waals surface area contributed by atoms with Crippen LogP contribution < -0.4 is 0 Å². The van der Waals surface area contributed by atoms with Gasteiger partial charge in [0.25, 0.3) is 0 Å². The van der Waals surface area contributed by atoms with Gasteiger partial charge in [0.05, 0.1) is 11.1 Å². The predicted octanol–water partition coefficient (Wildman–Crippen LogP) is 14.8. The first-order chi connectivity index (χ1) is 29.7. The van der Waals surface area contributed by atoms with Crippen LogP contribution in [-0.2, 0) is 0 Å². The highest BCUT2D eigenvalue weighted by atomic mass is 16.3. The summed E-state index contributed by atoms with van der Waals surface area (Å²) in [5.74, 6) is 1.56. The SMILES string of the molecule is c1ccc(-c2ccccc2-c2cc(-c3cccc4ccccc34)ccc2-c2nc(-c3cccc4c3oc3ccccc34)nc(-c3cccc4c3oc3ccccc34)n2)cc1. The summed E-state index contributed by atoms with van der Waals surface area (Å²) in [7, 11) is 0. The van der Waals surface area contributed by atoms with Crippen LogP contribution in [-0.4, -0.2) is 15.0 Å². The maximum atomic E-state index is 6.58. The van der Waals surface area contributed by atoms with Crippen LogP contribution in [0, 0.1) is 0 Å². The monoisotopic (exact) mass is 767 g/mol. The van der Waals surface area contributed by atoms with E-state index in [-0.39, 0.29) is 0 Å². The summed E-state index contributed by atoms with van der Waals surface area (Å²) in [6.45, 7) is 0. The predicted molar refractivity (Wildman–Crippen MR) is 245 cm³/mol. The molecule has 3 heterocycles. The lowest BCUT2D eigenvalue weighted by Crippen LogP contribution is -2.02. The van der Waals surface area contributed by atoms with E-state index in [9.17, 15) is 0 Å². The normalized spacial score (nSPS) is 11.7. The van der Waals surface area contributed by atoms with E-state index in [1.165, 1.54) is 10.8 Å². The van der Waals surface area contributed by atoms with E-state index in [4.69, 9.17) is 23.8 Å². The Hall–Kier alpha value is -8.15. The topological polar surface area (TPSA) is 65.0 Å². The number of furan rings is 2. The molecule has 0 amide bonds. The number of hydrogen-bond acceptors (Lipinski definition) is 5. The van der Waals surface area contributed by atoms with Crippen molar-refractivity contribution in [3.63, 3.8) is 0 Å². The molecular formula is C55H33N3O2. The standard InChI is InChI=1S/C55H33N3O2/c1-2-15-34(16-3-1)38-20-6-7-21-40(38)48-33-36(39-24-12-18-35-17-4-5-19-37(35)39)31-32-45(48)53-56-54(46-27-13-25-43-41-22-8-10-29-49(41)59-51(43)46)58-55(57-53)47-28-14-26-44-42-23-9-11-30-50(42)60-52(44)47/h1-33H. The van der Waals surface area contributed by atoms with E-state index in [0.717, 1.165) is 93.9 Å². The quantitative estimate of drug-likeness (QED) is 0.169. The van der Waals surface area contributed by atoms with Crippen molar-refractivity contribution in [2.24, 2.45) is 0 Å². The molecule has 5 nitrogen and oxygen atoms in total. The first-order valence-electron chi connectivity index (χ1n) is 20.1. The molecule has 0 fully saturated rings. The minimum atomic E-state index is 0.508. The van der Waals surface area contributed by atoms with Crippen molar-refractivity contribution in [2.45, 2.75) is 0 Å². The van der Waals surface area contributed by atoms with Gasteiger partial charge < -0.3 is 8.83 Å². The van der Waals surface area contributed by atoms with Gasteiger partial charge in [-0.3, -0.25) is 0 Å². The van der Waals surface area contributed by atoms with Gasteiger partial charge in [-0.1, -0.05) is 164 Å². The van der Waals surface area contributed by atoms with Gasteiger partial charge in [-0.15, -0.1) is 0 Å². The van der Waals surface area contributed by atoms with Crippen LogP contribution in [0.3, 0.4) is 0 Å². The maximum Gasteiger partial charge on any atom is 0.167 e. The third-order valence-corrected chi connectivity index (χ3v) is 11.6. The summed E-state index contributed by atoms with van der Waals surface area (Å²) in [4.78, 5) is 16.0. The van der Waals surface area contributed by atoms with Gasteiger partial charge in [0.2, 0.25) is 0 Å². The van der Waals surface area contributed by atoms with Crippen molar-refractivity contribution < 1.29 is 8.83 Å². The Kier molecular flexibility index (Phi) is 7.78. The number of para-hydroxylation sites is 4. The average Bonchev–Trinajstić information content (AvgIpc) is 3.90. The lowest BCUT2D eigenvalue weighted by molar-refractivity contribution is 0.669. The fourth-order valence-electron chi connectivity index (χ4n) is 8.78. The Morgan fingerprint density at radius 2 is 0.733 bits per heavy atom. The van der Waals surface area contributed by atoms with Gasteiger partial charge in [0.15, 0.2) is 17.5 Å². The molecule has 280 valence electrons. The van der Waals surface area contributed by atoms with Crippen molar-refractivity contribution in [2.75, 3.05) is 0 Å². The fraction of sp³-hybridized carbons (Fsp3) is 0. The summed E-state index contributed by atoms with van der Waals surface area (Å²) in [5, 5.41) is 6.47. The minimum absolute atomic E-state index is 0.508. The Morgan fingerprint density at radius 3 is 1.40 bits per heavy atom. The second-order valence-corrected chi connectivity index (χ2v) is 15.1. The van der Waals surface area contributed by atoms with Gasteiger partial charge in [-0.05, 0) is 80.6 Å². The van der Waals surface area contributed by atoms with E-state index in [1.54, 1.807) is 0 Å². The van der Waals surface area contributed by atoms with E-state index in [1.807, 2.05) is 60.7 Å². The van der Waals surface area contributed by atoms with Crippen molar-refractivity contribution >= 4 is 54.6 Å². The summed E-state index contributed by atoms with van der Waals surface area (Å²) in [6, 6.07) is 69.4. The fourth-order valence-corrected chi connectivity index (χ4v) is 8.78. The molecule has 9 aromatic carbocycles. The summed E-state index contributed by atoms with van der Waals surface area (Å²) in [5.41, 5.74) is 12.1. The lowest BCUT2D eigenvalue weighted by Gasteiger charge is -2.17. The van der Waals surface area contributed by atoms with Crippen molar-refractivity contribution in [3.05, 3.63) is 200 Å².